The van der Waals surface area contributed by atoms with E-state index >= 15 is 0 Å². The Morgan fingerprint density at radius 3 is 2.67 bits per heavy atom. The number of thiophene rings is 1. The van der Waals surface area contributed by atoms with E-state index < -0.39 is 4.92 Å². The van der Waals surface area contributed by atoms with Crippen molar-refractivity contribution in [3.8, 4) is 0 Å². The Labute approximate surface area is 124 Å². The Balaban J connectivity index is 2.55. The summed E-state index contributed by atoms with van der Waals surface area (Å²) in [6, 6.07) is 4.59. The van der Waals surface area contributed by atoms with Gasteiger partial charge in [-0.25, -0.2) is 0 Å². The minimum Gasteiger partial charge on any atom is -0.376 e. The van der Waals surface area contributed by atoms with Crippen LogP contribution in [0.4, 0.5) is 11.4 Å². The number of aromatic nitrogens is 1. The second-order valence-corrected chi connectivity index (χ2v) is 5.92. The maximum atomic E-state index is 12.6. The third kappa shape index (κ3) is 1.89. The average Bonchev–Trinajstić information content (AvgIpc) is 2.89. The summed E-state index contributed by atoms with van der Waals surface area (Å²) in [6.07, 6.45) is 0. The number of rotatable bonds is 2. The molecule has 1 aromatic carbocycles. The van der Waals surface area contributed by atoms with Crippen LogP contribution in [-0.2, 0) is 7.05 Å². The number of pyridine rings is 1. The third-order valence-electron chi connectivity index (χ3n) is 3.57. The highest BCUT2D eigenvalue weighted by Gasteiger charge is 2.17. The van der Waals surface area contributed by atoms with Crippen LogP contribution in [0.15, 0.2) is 28.4 Å². The van der Waals surface area contributed by atoms with E-state index in [1.807, 2.05) is 24.4 Å². The number of fused-ring (bicyclic) bond motifs is 3. The largest absolute Gasteiger partial charge is 0.376 e. The van der Waals surface area contributed by atoms with Gasteiger partial charge in [-0.1, -0.05) is 0 Å². The van der Waals surface area contributed by atoms with Crippen LogP contribution < -0.4 is 10.5 Å². The van der Waals surface area contributed by atoms with Crippen molar-refractivity contribution in [1.29, 1.82) is 0 Å². The lowest BCUT2D eigenvalue weighted by molar-refractivity contribution is -0.384. The summed E-state index contributed by atoms with van der Waals surface area (Å²) in [7, 11) is 5.43. The van der Waals surface area contributed by atoms with Gasteiger partial charge in [0.25, 0.3) is 11.2 Å². The average molecular weight is 303 g/mol. The van der Waals surface area contributed by atoms with E-state index in [2.05, 4.69) is 0 Å². The summed E-state index contributed by atoms with van der Waals surface area (Å²) < 4.78 is 2.33. The standard InChI is InChI=1S/C14H13N3O3S/c1-15(2)11-7-21-13-9-6-8(17(19)20)4-5-10(9)16(3)14(18)12(11)13/h4-7H,1-3H3. The second-order valence-electron chi connectivity index (χ2n) is 5.04. The molecule has 2 aromatic heterocycles. The highest BCUT2D eigenvalue weighted by molar-refractivity contribution is 7.18. The zero-order chi connectivity index (χ0) is 15.3. The first-order valence-corrected chi connectivity index (χ1v) is 7.15. The number of nitro groups is 1. The smallest absolute Gasteiger partial charge is 0.270 e. The predicted molar refractivity (Wildman–Crippen MR) is 85.6 cm³/mol. The van der Waals surface area contributed by atoms with Gasteiger partial charge in [0, 0.05) is 44.0 Å². The summed E-state index contributed by atoms with van der Waals surface area (Å²) in [5.41, 5.74) is 1.48. The molecule has 0 aliphatic rings. The van der Waals surface area contributed by atoms with Gasteiger partial charge in [-0.05, 0) is 6.07 Å². The molecule has 0 saturated heterocycles. The number of non-ortho nitro benzene ring substituents is 1. The van der Waals surface area contributed by atoms with Crippen LogP contribution in [0, 0.1) is 10.1 Å². The Hall–Kier alpha value is -2.41. The normalized spacial score (nSPS) is 11.2. The van der Waals surface area contributed by atoms with Crippen molar-refractivity contribution in [1.82, 2.24) is 4.57 Å². The number of anilines is 1. The SMILES string of the molecule is CN(C)c1csc2c1c(=O)n(C)c1ccc([N+](=O)[O-])cc21. The van der Waals surface area contributed by atoms with Gasteiger partial charge in [-0.3, -0.25) is 14.9 Å². The third-order valence-corrected chi connectivity index (χ3v) is 4.57. The van der Waals surface area contributed by atoms with Crippen LogP contribution in [0.2, 0.25) is 0 Å². The number of benzene rings is 1. The Kier molecular flexibility index (Phi) is 2.94. The van der Waals surface area contributed by atoms with Gasteiger partial charge in [0.15, 0.2) is 0 Å². The van der Waals surface area contributed by atoms with Crippen LogP contribution in [0.25, 0.3) is 21.0 Å². The number of aryl methyl sites for hydroxylation is 1. The maximum absolute atomic E-state index is 12.6. The molecular formula is C14H13N3O3S. The molecule has 6 nitrogen and oxygen atoms in total. The molecule has 2 heterocycles. The molecule has 0 N–H and O–H groups in total. The van der Waals surface area contributed by atoms with Crippen molar-refractivity contribution in [3.63, 3.8) is 0 Å². The molecule has 0 radical (unpaired) electrons. The highest BCUT2D eigenvalue weighted by Crippen LogP contribution is 2.35. The Morgan fingerprint density at radius 2 is 2.05 bits per heavy atom. The molecule has 21 heavy (non-hydrogen) atoms. The monoisotopic (exact) mass is 303 g/mol. The molecule has 0 unspecified atom stereocenters. The highest BCUT2D eigenvalue weighted by atomic mass is 32.1. The summed E-state index contributed by atoms with van der Waals surface area (Å²) in [4.78, 5) is 25.0. The molecule has 0 saturated carbocycles. The van der Waals surface area contributed by atoms with Gasteiger partial charge in [-0.15, -0.1) is 11.3 Å². The lowest BCUT2D eigenvalue weighted by Crippen LogP contribution is -2.19. The van der Waals surface area contributed by atoms with E-state index in [0.717, 1.165) is 15.8 Å². The molecule has 0 aliphatic carbocycles. The van der Waals surface area contributed by atoms with E-state index in [-0.39, 0.29) is 11.2 Å². The fourth-order valence-electron chi connectivity index (χ4n) is 2.47. The predicted octanol–water partition coefficient (Wildman–Crippen LogP) is 2.73. The van der Waals surface area contributed by atoms with Gasteiger partial charge in [0.2, 0.25) is 0 Å². The van der Waals surface area contributed by atoms with E-state index in [1.165, 1.54) is 23.5 Å². The zero-order valence-corrected chi connectivity index (χ0v) is 12.6. The van der Waals surface area contributed by atoms with Crippen molar-refractivity contribution in [3.05, 3.63) is 44.0 Å². The van der Waals surface area contributed by atoms with Crippen LogP contribution in [0.1, 0.15) is 0 Å². The minimum atomic E-state index is -0.420. The molecule has 0 spiro atoms. The van der Waals surface area contributed by atoms with Crippen LogP contribution in [0.5, 0.6) is 0 Å². The molecular weight excluding hydrogens is 290 g/mol. The van der Waals surface area contributed by atoms with Crippen molar-refractivity contribution in [2.24, 2.45) is 7.05 Å². The fraction of sp³-hybridized carbons (Fsp3) is 0.214. The first-order valence-electron chi connectivity index (χ1n) is 6.27. The zero-order valence-electron chi connectivity index (χ0n) is 11.8. The molecule has 0 fully saturated rings. The van der Waals surface area contributed by atoms with Crippen molar-refractivity contribution >= 4 is 43.7 Å². The van der Waals surface area contributed by atoms with Crippen LogP contribution in [-0.4, -0.2) is 23.6 Å². The van der Waals surface area contributed by atoms with Crippen LogP contribution in [0.3, 0.4) is 0 Å². The first-order chi connectivity index (χ1) is 9.91. The van der Waals surface area contributed by atoms with Crippen molar-refractivity contribution in [2.45, 2.75) is 0 Å². The quantitative estimate of drug-likeness (QED) is 0.539. The molecule has 0 bridgehead atoms. The Morgan fingerprint density at radius 1 is 1.33 bits per heavy atom. The molecule has 0 aliphatic heterocycles. The number of nitrogens with zero attached hydrogens (tertiary/aromatic N) is 3. The fourth-order valence-corrected chi connectivity index (χ4v) is 3.63. The molecule has 3 aromatic rings. The molecule has 0 amide bonds. The molecule has 0 atom stereocenters. The van der Waals surface area contributed by atoms with Gasteiger partial charge < -0.3 is 9.47 Å². The lowest BCUT2D eigenvalue weighted by atomic mass is 10.1. The van der Waals surface area contributed by atoms with Crippen molar-refractivity contribution < 1.29 is 4.92 Å². The number of hydrogen-bond donors (Lipinski definition) is 0. The second kappa shape index (κ2) is 4.56. The lowest BCUT2D eigenvalue weighted by Gasteiger charge is -2.12. The first kappa shape index (κ1) is 13.6. The van der Waals surface area contributed by atoms with E-state index in [1.54, 1.807) is 17.7 Å². The number of nitro benzene ring substituents is 1. The minimum absolute atomic E-state index is 0.0299. The summed E-state index contributed by atoms with van der Waals surface area (Å²) in [5, 5.41) is 14.2. The van der Waals surface area contributed by atoms with Gasteiger partial charge in [0.05, 0.1) is 26.2 Å². The van der Waals surface area contributed by atoms with Gasteiger partial charge in [-0.2, -0.15) is 0 Å². The Bertz CT molecular complexity index is 940. The topological polar surface area (TPSA) is 68.4 Å². The van der Waals surface area contributed by atoms with Gasteiger partial charge in [0.1, 0.15) is 0 Å². The van der Waals surface area contributed by atoms with Crippen molar-refractivity contribution in [2.75, 3.05) is 19.0 Å². The van der Waals surface area contributed by atoms with E-state index in [0.29, 0.717) is 10.9 Å². The van der Waals surface area contributed by atoms with E-state index in [4.69, 9.17) is 0 Å². The van der Waals surface area contributed by atoms with Crippen LogP contribution >= 0.6 is 11.3 Å². The van der Waals surface area contributed by atoms with Gasteiger partial charge >= 0.3 is 0 Å². The van der Waals surface area contributed by atoms with E-state index in [9.17, 15) is 14.9 Å². The summed E-state index contributed by atoms with van der Waals surface area (Å²) >= 11 is 1.44. The molecule has 108 valence electrons. The maximum Gasteiger partial charge on any atom is 0.270 e. The molecule has 7 heteroatoms. The summed E-state index contributed by atoms with van der Waals surface area (Å²) in [6.45, 7) is 0. The summed E-state index contributed by atoms with van der Waals surface area (Å²) in [5.74, 6) is 0. The number of hydrogen-bond acceptors (Lipinski definition) is 5. The molecule has 3 rings (SSSR count).